The summed E-state index contributed by atoms with van der Waals surface area (Å²) in [6.45, 7) is 3.63. The van der Waals surface area contributed by atoms with Crippen LogP contribution in [-0.2, 0) is 14.3 Å². The number of aryl methyl sites for hydroxylation is 1. The molecular formula is C34H29ClN2O4S. The minimum Gasteiger partial charge on any atom is -0.468 e. The molecule has 1 unspecified atom stereocenters. The van der Waals surface area contributed by atoms with Gasteiger partial charge in [-0.1, -0.05) is 109 Å². The van der Waals surface area contributed by atoms with Crippen molar-refractivity contribution in [1.82, 2.24) is 4.37 Å². The molecule has 1 heterocycles. The van der Waals surface area contributed by atoms with E-state index in [1.807, 2.05) is 104 Å². The first-order valence-electron chi connectivity index (χ1n) is 13.4. The molecule has 2 atom stereocenters. The van der Waals surface area contributed by atoms with Crippen LogP contribution in [0.15, 0.2) is 103 Å². The predicted molar refractivity (Wildman–Crippen MR) is 168 cm³/mol. The molecule has 8 heteroatoms. The number of anilines is 1. The van der Waals surface area contributed by atoms with Gasteiger partial charge in [0.15, 0.2) is 0 Å². The molecule has 5 rings (SSSR count). The van der Waals surface area contributed by atoms with E-state index >= 15 is 0 Å². The number of methoxy groups -OCH3 is 1. The van der Waals surface area contributed by atoms with Crippen LogP contribution in [-0.4, -0.2) is 23.5 Å². The molecule has 1 aromatic heterocycles. The zero-order chi connectivity index (χ0) is 29.6. The molecule has 1 N–H and O–H groups in total. The highest BCUT2D eigenvalue weighted by Crippen LogP contribution is 2.37. The number of nitrogens with one attached hydrogen (secondary N) is 1. The van der Waals surface area contributed by atoms with E-state index in [2.05, 4.69) is 9.69 Å². The Hall–Kier alpha value is -4.46. The van der Waals surface area contributed by atoms with E-state index in [1.54, 1.807) is 13.0 Å². The molecule has 0 aliphatic rings. The molecule has 6 nitrogen and oxygen atoms in total. The van der Waals surface area contributed by atoms with Crippen LogP contribution in [0.4, 0.5) is 10.5 Å². The molecule has 0 fully saturated rings. The number of amides is 1. The van der Waals surface area contributed by atoms with E-state index in [-0.39, 0.29) is 5.97 Å². The maximum Gasteiger partial charge on any atom is 0.412 e. The van der Waals surface area contributed by atoms with Gasteiger partial charge in [0.05, 0.1) is 23.4 Å². The molecule has 212 valence electrons. The molecular weight excluding hydrogens is 568 g/mol. The lowest BCUT2D eigenvalue weighted by atomic mass is 9.90. The standard InChI is InChI=1S/C34H29ClN2O4S/c1-21-31(36-34(39)41-22(2)28-11-7-8-12-29(28)35)32(42-37-21)27-19-15-24(16-20-27)23-13-17-26(18-14-23)30(33(38)40-3)25-9-5-4-6-10-25/h4-20,22,30H,1-3H3,(H,36,39)/t22-,30?/m1/s1. The molecule has 0 radical (unpaired) electrons. The lowest BCUT2D eigenvalue weighted by Crippen LogP contribution is -2.16. The Morgan fingerprint density at radius 3 is 2.02 bits per heavy atom. The van der Waals surface area contributed by atoms with Gasteiger partial charge >= 0.3 is 12.1 Å². The largest absolute Gasteiger partial charge is 0.468 e. The number of rotatable bonds is 8. The summed E-state index contributed by atoms with van der Waals surface area (Å²) < 4.78 is 15.2. The molecule has 0 spiro atoms. The second-order valence-electron chi connectivity index (χ2n) is 9.73. The van der Waals surface area contributed by atoms with Gasteiger partial charge in [-0.05, 0) is 59.3 Å². The molecule has 4 aromatic carbocycles. The third-order valence-corrected chi connectivity index (χ3v) is 8.34. The number of aromatic nitrogens is 1. The van der Waals surface area contributed by atoms with E-state index in [0.29, 0.717) is 16.4 Å². The van der Waals surface area contributed by atoms with E-state index < -0.39 is 18.1 Å². The molecule has 0 aliphatic carbocycles. The van der Waals surface area contributed by atoms with Crippen molar-refractivity contribution >= 4 is 40.9 Å². The van der Waals surface area contributed by atoms with Crippen LogP contribution in [0.25, 0.3) is 21.6 Å². The van der Waals surface area contributed by atoms with Crippen LogP contribution in [0.1, 0.15) is 41.3 Å². The van der Waals surface area contributed by atoms with Gasteiger partial charge in [0, 0.05) is 10.6 Å². The van der Waals surface area contributed by atoms with Gasteiger partial charge in [0.1, 0.15) is 12.0 Å². The van der Waals surface area contributed by atoms with Gasteiger partial charge in [-0.15, -0.1) is 0 Å². The molecule has 0 aliphatic heterocycles. The summed E-state index contributed by atoms with van der Waals surface area (Å²) in [5.74, 6) is -0.794. The lowest BCUT2D eigenvalue weighted by Gasteiger charge is -2.16. The average Bonchev–Trinajstić information content (AvgIpc) is 3.37. The molecule has 1 amide bonds. The monoisotopic (exact) mass is 596 g/mol. The highest BCUT2D eigenvalue weighted by molar-refractivity contribution is 7.10. The third kappa shape index (κ3) is 6.38. The van der Waals surface area contributed by atoms with Gasteiger partial charge in [-0.3, -0.25) is 10.1 Å². The quantitative estimate of drug-likeness (QED) is 0.181. The number of hydrogen-bond acceptors (Lipinski definition) is 6. The summed E-state index contributed by atoms with van der Waals surface area (Å²) in [4.78, 5) is 26.2. The van der Waals surface area contributed by atoms with Crippen molar-refractivity contribution in [2.24, 2.45) is 0 Å². The highest BCUT2D eigenvalue weighted by Gasteiger charge is 2.23. The van der Waals surface area contributed by atoms with E-state index in [4.69, 9.17) is 21.1 Å². The highest BCUT2D eigenvalue weighted by atomic mass is 35.5. The van der Waals surface area contributed by atoms with Crippen molar-refractivity contribution in [3.63, 3.8) is 0 Å². The second-order valence-corrected chi connectivity index (χ2v) is 10.9. The minimum atomic E-state index is -0.579. The molecule has 0 saturated heterocycles. The van der Waals surface area contributed by atoms with Gasteiger partial charge in [0.25, 0.3) is 0 Å². The second kappa shape index (κ2) is 13.0. The number of halogens is 1. The minimum absolute atomic E-state index is 0.301. The fraction of sp³-hybridized carbons (Fsp3) is 0.147. The number of esters is 1. The maximum atomic E-state index is 12.8. The molecule has 0 saturated carbocycles. The first-order chi connectivity index (χ1) is 20.4. The third-order valence-electron chi connectivity index (χ3n) is 7.01. The number of ether oxygens (including phenoxy) is 2. The fourth-order valence-corrected chi connectivity index (χ4v) is 5.92. The molecule has 0 bridgehead atoms. The number of carbonyl (C=O) groups excluding carboxylic acids is 2. The lowest BCUT2D eigenvalue weighted by molar-refractivity contribution is -0.141. The number of benzene rings is 4. The van der Waals surface area contributed by atoms with Crippen LogP contribution in [0.5, 0.6) is 0 Å². The van der Waals surface area contributed by atoms with Gasteiger partial charge < -0.3 is 9.47 Å². The van der Waals surface area contributed by atoms with Crippen molar-refractivity contribution in [3.8, 4) is 21.6 Å². The Kier molecular flexibility index (Phi) is 9.00. The van der Waals surface area contributed by atoms with Crippen LogP contribution in [0.3, 0.4) is 0 Å². The summed E-state index contributed by atoms with van der Waals surface area (Å²) in [5, 5.41) is 3.42. The van der Waals surface area contributed by atoms with Crippen LogP contribution in [0, 0.1) is 6.92 Å². The molecule has 42 heavy (non-hydrogen) atoms. The smallest absolute Gasteiger partial charge is 0.412 e. The summed E-state index contributed by atoms with van der Waals surface area (Å²) in [6, 6.07) is 32.9. The van der Waals surface area contributed by atoms with Crippen molar-refractivity contribution in [2.75, 3.05) is 12.4 Å². The summed E-state index contributed by atoms with van der Waals surface area (Å²) in [6.07, 6.45) is -1.10. The van der Waals surface area contributed by atoms with Crippen molar-refractivity contribution < 1.29 is 19.1 Å². The van der Waals surface area contributed by atoms with Crippen molar-refractivity contribution in [3.05, 3.63) is 131 Å². The fourth-order valence-electron chi connectivity index (χ4n) is 4.78. The summed E-state index contributed by atoms with van der Waals surface area (Å²) in [7, 11) is 1.41. The van der Waals surface area contributed by atoms with Gasteiger partial charge in [-0.25, -0.2) is 4.79 Å². The topological polar surface area (TPSA) is 77.5 Å². The van der Waals surface area contributed by atoms with Gasteiger partial charge in [0.2, 0.25) is 0 Å². The maximum absolute atomic E-state index is 12.8. The first kappa shape index (κ1) is 29.0. The van der Waals surface area contributed by atoms with Crippen LogP contribution in [0.2, 0.25) is 5.02 Å². The number of hydrogen-bond donors (Lipinski definition) is 1. The van der Waals surface area contributed by atoms with Gasteiger partial charge in [-0.2, -0.15) is 4.37 Å². The zero-order valence-corrected chi connectivity index (χ0v) is 24.9. The van der Waals surface area contributed by atoms with Crippen LogP contribution >= 0.6 is 23.1 Å². The first-order valence-corrected chi connectivity index (χ1v) is 14.5. The summed E-state index contributed by atoms with van der Waals surface area (Å²) >= 11 is 7.57. The SMILES string of the molecule is COC(=O)C(c1ccccc1)c1ccc(-c2ccc(-c3snc(C)c3NC(=O)O[C@H](C)c3ccccc3Cl)cc2)cc1. The zero-order valence-electron chi connectivity index (χ0n) is 23.3. The predicted octanol–water partition coefficient (Wildman–Crippen LogP) is 9.05. The van der Waals surface area contributed by atoms with E-state index in [1.165, 1.54) is 18.6 Å². The number of carbonyl (C=O) groups is 2. The summed E-state index contributed by atoms with van der Waals surface area (Å²) in [5.41, 5.74) is 6.75. The molecule has 5 aromatic rings. The Bertz CT molecular complexity index is 1690. The Morgan fingerprint density at radius 1 is 0.810 bits per heavy atom. The average molecular weight is 597 g/mol. The van der Waals surface area contributed by atoms with Crippen molar-refractivity contribution in [1.29, 1.82) is 0 Å². The van der Waals surface area contributed by atoms with E-state index in [0.717, 1.165) is 38.3 Å². The number of nitrogens with zero attached hydrogens (tertiary/aromatic N) is 1. The Morgan fingerprint density at radius 2 is 1.38 bits per heavy atom. The normalized spacial score (nSPS) is 12.3. The van der Waals surface area contributed by atoms with E-state index in [9.17, 15) is 9.59 Å². The van der Waals surface area contributed by atoms with Crippen LogP contribution < -0.4 is 5.32 Å². The van der Waals surface area contributed by atoms with Crippen molar-refractivity contribution in [2.45, 2.75) is 25.9 Å². The Labute approximate surface area is 254 Å². The Balaban J connectivity index is 1.31.